The number of carbonyl (C=O) groups excluding carboxylic acids is 1. The molecule has 0 bridgehead atoms. The molecule has 8 heteroatoms. The van der Waals surface area contributed by atoms with E-state index in [1.807, 2.05) is 4.90 Å². The normalized spacial score (nSPS) is 14.4. The fourth-order valence-corrected chi connectivity index (χ4v) is 2.85. The van der Waals surface area contributed by atoms with Gasteiger partial charge in [-0.2, -0.15) is 0 Å². The number of hydrogen-bond donors (Lipinski definition) is 1. The van der Waals surface area contributed by atoms with Gasteiger partial charge in [0.05, 0.1) is 12.0 Å². The highest BCUT2D eigenvalue weighted by molar-refractivity contribution is 5.87. The average molecular weight is 361 g/mol. The number of carboxylic acids is 1. The van der Waals surface area contributed by atoms with Crippen molar-refractivity contribution in [2.45, 2.75) is 6.42 Å². The Morgan fingerprint density at radius 2 is 1.69 bits per heavy atom. The molecule has 0 saturated carbocycles. The minimum Gasteiger partial charge on any atom is -0.478 e. The molecule has 1 aliphatic heterocycles. The lowest BCUT2D eigenvalue weighted by Crippen LogP contribution is -2.49. The number of pyridine rings is 1. The number of aromatic carboxylic acids is 1. The number of halogens is 2. The second-order valence-corrected chi connectivity index (χ2v) is 5.96. The van der Waals surface area contributed by atoms with Crippen molar-refractivity contribution in [2.75, 3.05) is 31.1 Å². The van der Waals surface area contributed by atoms with Crippen LogP contribution in [-0.2, 0) is 11.2 Å². The summed E-state index contributed by atoms with van der Waals surface area (Å²) < 4.78 is 27.4. The molecule has 0 aliphatic carbocycles. The first-order valence-corrected chi connectivity index (χ1v) is 8.10. The zero-order valence-corrected chi connectivity index (χ0v) is 13.9. The zero-order valence-electron chi connectivity index (χ0n) is 13.9. The van der Waals surface area contributed by atoms with Crippen molar-refractivity contribution in [2.24, 2.45) is 0 Å². The van der Waals surface area contributed by atoms with Crippen LogP contribution in [-0.4, -0.2) is 53.0 Å². The first kappa shape index (κ1) is 17.8. The highest BCUT2D eigenvalue weighted by Crippen LogP contribution is 2.17. The van der Waals surface area contributed by atoms with Crippen LogP contribution in [0, 0.1) is 11.6 Å². The summed E-state index contributed by atoms with van der Waals surface area (Å²) in [6, 6.07) is 6.63. The van der Waals surface area contributed by atoms with Gasteiger partial charge in [0, 0.05) is 37.9 Å². The third-order valence-electron chi connectivity index (χ3n) is 4.34. The minimum atomic E-state index is -1.04. The summed E-state index contributed by atoms with van der Waals surface area (Å²) in [5, 5.41) is 8.89. The standard InChI is InChI=1S/C18H17F2N3O3/c19-14-2-1-3-15(20)13(14)10-17(24)23-8-6-22(7-9-23)16-5-4-12(11-21-16)18(25)26/h1-5,11H,6-10H2,(H,25,26). The van der Waals surface area contributed by atoms with E-state index in [1.54, 1.807) is 11.0 Å². The molecule has 0 atom stereocenters. The van der Waals surface area contributed by atoms with E-state index in [2.05, 4.69) is 4.98 Å². The molecule has 1 fully saturated rings. The highest BCUT2D eigenvalue weighted by Gasteiger charge is 2.24. The van der Waals surface area contributed by atoms with Crippen molar-refractivity contribution < 1.29 is 23.5 Å². The van der Waals surface area contributed by atoms with Crippen molar-refractivity contribution in [3.8, 4) is 0 Å². The molecule has 26 heavy (non-hydrogen) atoms. The topological polar surface area (TPSA) is 73.7 Å². The summed E-state index contributed by atoms with van der Waals surface area (Å²) in [5.74, 6) is -2.19. The highest BCUT2D eigenvalue weighted by atomic mass is 19.1. The minimum absolute atomic E-state index is 0.106. The summed E-state index contributed by atoms with van der Waals surface area (Å²) in [5.41, 5.74) is -0.111. The molecule has 0 radical (unpaired) electrons. The van der Waals surface area contributed by atoms with Gasteiger partial charge in [0.1, 0.15) is 17.5 Å². The fraction of sp³-hybridized carbons (Fsp3) is 0.278. The molecule has 1 amide bonds. The Morgan fingerprint density at radius 1 is 1.04 bits per heavy atom. The molecular formula is C18H17F2N3O3. The number of piperazine rings is 1. The van der Waals surface area contributed by atoms with E-state index < -0.39 is 17.6 Å². The van der Waals surface area contributed by atoms with Crippen LogP contribution in [0.15, 0.2) is 36.5 Å². The van der Waals surface area contributed by atoms with Crippen molar-refractivity contribution >= 4 is 17.7 Å². The van der Waals surface area contributed by atoms with Gasteiger partial charge in [-0.1, -0.05) is 6.07 Å². The lowest BCUT2D eigenvalue weighted by atomic mass is 10.1. The number of nitrogens with zero attached hydrogens (tertiary/aromatic N) is 3. The number of amides is 1. The van der Waals surface area contributed by atoms with Gasteiger partial charge >= 0.3 is 5.97 Å². The van der Waals surface area contributed by atoms with E-state index in [0.29, 0.717) is 32.0 Å². The van der Waals surface area contributed by atoms with Crippen LogP contribution in [0.1, 0.15) is 15.9 Å². The van der Waals surface area contributed by atoms with E-state index in [9.17, 15) is 18.4 Å². The van der Waals surface area contributed by atoms with Gasteiger partial charge in [0.25, 0.3) is 0 Å². The Hall–Kier alpha value is -3.03. The van der Waals surface area contributed by atoms with Crippen molar-refractivity contribution in [1.29, 1.82) is 0 Å². The fourth-order valence-electron chi connectivity index (χ4n) is 2.85. The van der Waals surface area contributed by atoms with Crippen LogP contribution in [0.3, 0.4) is 0 Å². The van der Waals surface area contributed by atoms with Crippen LogP contribution in [0.25, 0.3) is 0 Å². The smallest absolute Gasteiger partial charge is 0.337 e. The molecule has 2 aromatic rings. The van der Waals surface area contributed by atoms with E-state index in [-0.39, 0.29) is 23.5 Å². The summed E-state index contributed by atoms with van der Waals surface area (Å²) in [6.45, 7) is 1.81. The number of carboxylic acid groups (broad SMARTS) is 1. The summed E-state index contributed by atoms with van der Waals surface area (Å²) >= 11 is 0. The number of aromatic nitrogens is 1. The number of anilines is 1. The molecule has 1 aromatic carbocycles. The first-order chi connectivity index (χ1) is 12.5. The van der Waals surface area contributed by atoms with Crippen molar-refractivity contribution in [1.82, 2.24) is 9.88 Å². The molecule has 2 heterocycles. The number of benzene rings is 1. The van der Waals surface area contributed by atoms with Crippen molar-refractivity contribution in [3.05, 3.63) is 59.3 Å². The number of rotatable bonds is 4. The van der Waals surface area contributed by atoms with Gasteiger partial charge in [0.2, 0.25) is 5.91 Å². The SMILES string of the molecule is O=C(O)c1ccc(N2CCN(C(=O)Cc3c(F)cccc3F)CC2)nc1. The predicted molar refractivity (Wildman–Crippen MR) is 90.1 cm³/mol. The molecule has 0 unspecified atom stereocenters. The molecule has 6 nitrogen and oxygen atoms in total. The second-order valence-electron chi connectivity index (χ2n) is 5.96. The summed E-state index contributed by atoms with van der Waals surface area (Å²) in [6.07, 6.45) is 0.972. The zero-order chi connectivity index (χ0) is 18.7. The molecule has 136 valence electrons. The maximum atomic E-state index is 13.7. The van der Waals surface area contributed by atoms with Crippen LogP contribution in [0.2, 0.25) is 0 Å². The molecule has 0 spiro atoms. The Kier molecular flexibility index (Phi) is 5.11. The Morgan fingerprint density at radius 3 is 2.23 bits per heavy atom. The summed E-state index contributed by atoms with van der Waals surface area (Å²) in [7, 11) is 0. The van der Waals surface area contributed by atoms with E-state index in [0.717, 1.165) is 12.1 Å². The average Bonchev–Trinajstić information content (AvgIpc) is 2.65. The second kappa shape index (κ2) is 7.47. The lowest BCUT2D eigenvalue weighted by molar-refractivity contribution is -0.130. The largest absolute Gasteiger partial charge is 0.478 e. The van der Waals surface area contributed by atoms with Crippen molar-refractivity contribution in [3.63, 3.8) is 0 Å². The Balaban J connectivity index is 1.59. The van der Waals surface area contributed by atoms with Crippen LogP contribution >= 0.6 is 0 Å². The third-order valence-corrected chi connectivity index (χ3v) is 4.34. The molecule has 3 rings (SSSR count). The third kappa shape index (κ3) is 3.79. The molecular weight excluding hydrogens is 344 g/mol. The van der Waals surface area contributed by atoms with Crippen LogP contribution in [0.5, 0.6) is 0 Å². The maximum Gasteiger partial charge on any atom is 0.337 e. The summed E-state index contributed by atoms with van der Waals surface area (Å²) in [4.78, 5) is 30.8. The van der Waals surface area contributed by atoms with E-state index in [4.69, 9.17) is 5.11 Å². The molecule has 1 saturated heterocycles. The van der Waals surface area contributed by atoms with Gasteiger partial charge < -0.3 is 14.9 Å². The van der Waals surface area contributed by atoms with Crippen LogP contribution < -0.4 is 4.90 Å². The monoisotopic (exact) mass is 361 g/mol. The first-order valence-electron chi connectivity index (χ1n) is 8.10. The van der Waals surface area contributed by atoms with Gasteiger partial charge in [-0.05, 0) is 24.3 Å². The predicted octanol–water partition coefficient (Wildman–Crippen LogP) is 1.95. The molecule has 1 aliphatic rings. The van der Waals surface area contributed by atoms with E-state index in [1.165, 1.54) is 18.3 Å². The number of hydrogen-bond acceptors (Lipinski definition) is 4. The Labute approximate surface area is 148 Å². The van der Waals surface area contributed by atoms with Gasteiger partial charge in [0.15, 0.2) is 0 Å². The number of carbonyl (C=O) groups is 2. The quantitative estimate of drug-likeness (QED) is 0.901. The van der Waals surface area contributed by atoms with Crippen LogP contribution in [0.4, 0.5) is 14.6 Å². The molecule has 1 N–H and O–H groups in total. The lowest BCUT2D eigenvalue weighted by Gasteiger charge is -2.35. The molecule has 1 aromatic heterocycles. The van der Waals surface area contributed by atoms with Gasteiger partial charge in [-0.15, -0.1) is 0 Å². The van der Waals surface area contributed by atoms with Gasteiger partial charge in [-0.25, -0.2) is 18.6 Å². The maximum absolute atomic E-state index is 13.7. The van der Waals surface area contributed by atoms with Gasteiger partial charge in [-0.3, -0.25) is 4.79 Å². The van der Waals surface area contributed by atoms with E-state index >= 15 is 0 Å². The Bertz CT molecular complexity index is 799.